The summed E-state index contributed by atoms with van der Waals surface area (Å²) in [4.78, 5) is 0. The molecule has 0 N–H and O–H groups in total. The minimum atomic E-state index is -0.568. The number of nitrogens with zero attached hydrogens (tertiary/aromatic N) is 3. The second-order valence-corrected chi connectivity index (χ2v) is 12.1. The molecule has 3 aromatic heterocycles. The zero-order valence-electron chi connectivity index (χ0n) is 43.4. The van der Waals surface area contributed by atoms with E-state index >= 15 is 0 Å². The third-order valence-corrected chi connectivity index (χ3v) is 9.40. The second-order valence-electron chi connectivity index (χ2n) is 12.1. The minimum absolute atomic E-state index is 0.00824. The van der Waals surface area contributed by atoms with Gasteiger partial charge < -0.3 is 13.7 Å². The molecule has 11 aromatic rings. The number of fused-ring (bicyclic) bond motifs is 9. The predicted octanol–water partition coefficient (Wildman–Crippen LogP) is 12.6. The lowest BCUT2D eigenvalue weighted by atomic mass is 10.1. The first-order valence-electron chi connectivity index (χ1n) is 24.6. The van der Waals surface area contributed by atoms with Crippen molar-refractivity contribution in [3.63, 3.8) is 0 Å². The molecule has 0 saturated heterocycles. The molecule has 0 aliphatic rings. The molecule has 3 nitrogen and oxygen atoms in total. The van der Waals surface area contributed by atoms with Crippen molar-refractivity contribution in [2.75, 3.05) is 0 Å². The Bertz CT molecular complexity index is 4030. The highest BCUT2D eigenvalue weighted by Gasteiger charge is 2.18. The average Bonchev–Trinajstić information content (AvgIpc) is 3.99. The van der Waals surface area contributed by atoms with Crippen molar-refractivity contribution in [2.24, 2.45) is 0 Å². The molecule has 3 heteroatoms. The van der Waals surface area contributed by atoms with Crippen molar-refractivity contribution in [3.8, 4) is 28.2 Å². The molecule has 51 heavy (non-hydrogen) atoms. The fourth-order valence-electron chi connectivity index (χ4n) is 7.24. The van der Waals surface area contributed by atoms with Gasteiger partial charge in [0.15, 0.2) is 0 Å². The molecule has 0 unspecified atom stereocenters. The Labute approximate surface area is 318 Å². The molecular weight excluding hydrogens is 619 g/mol. The van der Waals surface area contributed by atoms with Crippen molar-refractivity contribution in [3.05, 3.63) is 188 Å². The van der Waals surface area contributed by atoms with E-state index in [1.54, 1.807) is 83.4 Å². The van der Waals surface area contributed by atoms with Gasteiger partial charge in [-0.15, -0.1) is 0 Å². The molecule has 0 amide bonds. The number of hydrogen-bond acceptors (Lipinski definition) is 0. The molecule has 0 radical (unpaired) electrons. The molecule has 0 atom stereocenters. The number of aromatic nitrogens is 3. The minimum Gasteiger partial charge on any atom is -0.309 e. The van der Waals surface area contributed by atoms with Gasteiger partial charge >= 0.3 is 0 Å². The Morgan fingerprint density at radius 2 is 0.902 bits per heavy atom. The van der Waals surface area contributed by atoms with Crippen LogP contribution in [0, 0.1) is 0 Å². The van der Waals surface area contributed by atoms with Crippen molar-refractivity contribution < 1.29 is 23.3 Å². The lowest BCUT2D eigenvalue weighted by Gasteiger charge is -2.12. The molecule has 0 fully saturated rings. The van der Waals surface area contributed by atoms with E-state index in [2.05, 4.69) is 0 Å². The predicted molar refractivity (Wildman–Crippen MR) is 215 cm³/mol. The van der Waals surface area contributed by atoms with Crippen LogP contribution in [0.5, 0.6) is 0 Å². The molecule has 0 bridgehead atoms. The van der Waals surface area contributed by atoms with Gasteiger partial charge in [0.05, 0.1) is 56.4 Å². The second kappa shape index (κ2) is 10.8. The van der Waals surface area contributed by atoms with E-state index in [0.717, 1.165) is 0 Å². The molecule has 0 aliphatic heterocycles. The molecule has 0 saturated carbocycles. The summed E-state index contributed by atoms with van der Waals surface area (Å²) in [6, 6.07) is 16.4. The van der Waals surface area contributed by atoms with Crippen molar-refractivity contribution in [2.45, 2.75) is 0 Å². The van der Waals surface area contributed by atoms with E-state index < -0.39 is 78.6 Å². The first-order valence-corrected chi connectivity index (χ1v) is 16.1. The summed E-state index contributed by atoms with van der Waals surface area (Å²) in [5, 5.41) is 0.888. The maximum Gasteiger partial charge on any atom is 0.0652 e. The summed E-state index contributed by atoms with van der Waals surface area (Å²) < 4.78 is 156. The van der Waals surface area contributed by atoms with Crippen LogP contribution < -0.4 is 0 Å². The van der Waals surface area contributed by atoms with Gasteiger partial charge in [0, 0.05) is 49.4 Å². The van der Waals surface area contributed by atoms with E-state index in [4.69, 9.17) is 16.4 Å². The fourth-order valence-corrected chi connectivity index (χ4v) is 7.24. The Morgan fingerprint density at radius 1 is 0.314 bits per heavy atom. The lowest BCUT2D eigenvalue weighted by Crippen LogP contribution is -1.97. The highest BCUT2D eigenvalue weighted by Crippen LogP contribution is 2.39. The Morgan fingerprint density at radius 3 is 1.63 bits per heavy atom. The summed E-state index contributed by atoms with van der Waals surface area (Å²) in [7, 11) is 0. The van der Waals surface area contributed by atoms with Crippen LogP contribution in [0.25, 0.3) is 93.6 Å². The zero-order chi connectivity index (χ0) is 48.3. The van der Waals surface area contributed by atoms with Crippen LogP contribution in [0.3, 0.4) is 0 Å². The highest BCUT2D eigenvalue weighted by atomic mass is 15.0. The third kappa shape index (κ3) is 4.12. The maximum atomic E-state index is 10.00. The smallest absolute Gasteiger partial charge is 0.0652 e. The summed E-state index contributed by atoms with van der Waals surface area (Å²) in [6.45, 7) is 0. The van der Waals surface area contributed by atoms with Gasteiger partial charge in [-0.05, 0) is 83.8 Å². The van der Waals surface area contributed by atoms with Gasteiger partial charge in [0.25, 0.3) is 0 Å². The monoisotopic (exact) mass is 666 g/mol. The van der Waals surface area contributed by atoms with Crippen LogP contribution in [-0.4, -0.2) is 13.7 Å². The Balaban J connectivity index is 1.24. The largest absolute Gasteiger partial charge is 0.309 e. The van der Waals surface area contributed by atoms with Gasteiger partial charge in [-0.25, -0.2) is 0 Å². The first kappa shape index (κ1) is 16.2. The first-order chi connectivity index (χ1) is 32.3. The van der Waals surface area contributed by atoms with Gasteiger partial charge in [0.2, 0.25) is 0 Å². The van der Waals surface area contributed by atoms with Crippen molar-refractivity contribution in [1.29, 1.82) is 0 Å². The maximum absolute atomic E-state index is 10.00. The normalized spacial score (nSPS) is 16.6. The van der Waals surface area contributed by atoms with Gasteiger partial charge in [-0.3, -0.25) is 0 Å². The molecular formula is C48H31N3. The van der Waals surface area contributed by atoms with Crippen LogP contribution in [0.2, 0.25) is 0 Å². The fraction of sp³-hybridized carbons (Fsp3) is 0. The number of benzene rings is 8. The van der Waals surface area contributed by atoms with Crippen LogP contribution in [0.4, 0.5) is 0 Å². The summed E-state index contributed by atoms with van der Waals surface area (Å²) >= 11 is 0. The van der Waals surface area contributed by atoms with Crippen molar-refractivity contribution >= 4 is 65.4 Å². The quantitative estimate of drug-likeness (QED) is 0.178. The van der Waals surface area contributed by atoms with E-state index in [1.807, 2.05) is 0 Å². The molecule has 238 valence electrons. The third-order valence-electron chi connectivity index (χ3n) is 9.40. The molecule has 8 aromatic carbocycles. The van der Waals surface area contributed by atoms with E-state index in [0.29, 0.717) is 38.6 Å². The molecule has 3 heterocycles. The van der Waals surface area contributed by atoms with Crippen LogP contribution >= 0.6 is 0 Å². The number of hydrogen-bond donors (Lipinski definition) is 0. The lowest BCUT2D eigenvalue weighted by molar-refractivity contribution is 1.16. The van der Waals surface area contributed by atoms with Crippen LogP contribution in [-0.2, 0) is 0 Å². The molecule has 0 aliphatic carbocycles. The summed E-state index contributed by atoms with van der Waals surface area (Å²) in [6.07, 6.45) is 0. The van der Waals surface area contributed by atoms with Crippen molar-refractivity contribution in [1.82, 2.24) is 13.7 Å². The molecule has 0 spiro atoms. The van der Waals surface area contributed by atoms with E-state index in [1.165, 1.54) is 15.2 Å². The standard InChI is InChI=1S/C48H31N3/c1-2-13-32(14-3-1)33-15-12-16-34(29-33)49-45-23-10-6-19-39(45)41-31-36(26-27-47(41)49)51-46-24-11-7-20-40(46)42-30-35(25-28-48(42)51)50-43-21-8-4-17-37(43)38-18-5-9-22-44(38)50/h1-31H/i2D,3D,4D,5D,6D,8D,9D,10D,17D,18D,19D,21D,22D,23D,26D,27D,31D. The summed E-state index contributed by atoms with van der Waals surface area (Å²) in [5.41, 5.74) is 2.41. The Hall–Kier alpha value is -6.84. The highest BCUT2D eigenvalue weighted by molar-refractivity contribution is 6.14. The van der Waals surface area contributed by atoms with Gasteiger partial charge in [-0.2, -0.15) is 0 Å². The van der Waals surface area contributed by atoms with Gasteiger partial charge in [-0.1, -0.05) is 115 Å². The van der Waals surface area contributed by atoms with E-state index in [9.17, 15) is 6.85 Å². The zero-order valence-corrected chi connectivity index (χ0v) is 26.4. The number of para-hydroxylation sites is 4. The average molecular weight is 667 g/mol. The number of rotatable bonds is 4. The van der Waals surface area contributed by atoms with E-state index in [-0.39, 0.29) is 79.2 Å². The Kier molecular flexibility index (Phi) is 3.45. The SMILES string of the molecule is [2H]c1cc([2H])cc(-c2cccc(-n3c4c([2H])c([2H])c([2H])c([2H])c4c4c([2H])c(-n5c6ccccc6c6cc(-n7c8c([2H])c([2H])c([2H])c([2H])c8c8c([2H])c([2H])c([2H])c([2H])c87)ccc65)c([2H])c([2H])c43)c2)c1. The topological polar surface area (TPSA) is 14.8 Å². The molecule has 11 rings (SSSR count). The summed E-state index contributed by atoms with van der Waals surface area (Å²) in [5.74, 6) is 0. The van der Waals surface area contributed by atoms with Gasteiger partial charge in [0.1, 0.15) is 0 Å². The van der Waals surface area contributed by atoms with Crippen LogP contribution in [0.15, 0.2) is 188 Å². The van der Waals surface area contributed by atoms with Crippen LogP contribution in [0.1, 0.15) is 23.3 Å².